The number of likely N-dealkylation sites (tertiary alicyclic amines) is 1. The van der Waals surface area contributed by atoms with Crippen LogP contribution in [0.15, 0.2) is 41.3 Å². The average Bonchev–Trinajstić information content (AvgIpc) is 3.21. The van der Waals surface area contributed by atoms with E-state index >= 15 is 0 Å². The summed E-state index contributed by atoms with van der Waals surface area (Å²) in [7, 11) is -4.03. The minimum atomic E-state index is -4.03. The highest BCUT2D eigenvalue weighted by Gasteiger charge is 2.25. The van der Waals surface area contributed by atoms with Gasteiger partial charge in [-0.05, 0) is 61.7 Å². The maximum atomic E-state index is 12.9. The van der Waals surface area contributed by atoms with Gasteiger partial charge in [0, 0.05) is 18.1 Å². The number of carbonyl (C=O) groups excluding carboxylic acids is 1. The molecule has 0 spiro atoms. The van der Waals surface area contributed by atoms with Crippen molar-refractivity contribution in [1.82, 2.24) is 4.90 Å². The molecule has 2 aromatic carbocycles. The van der Waals surface area contributed by atoms with Crippen molar-refractivity contribution in [2.45, 2.75) is 24.7 Å². The minimum absolute atomic E-state index is 0.0535. The molecule has 1 aliphatic rings. The Morgan fingerprint density at radius 3 is 2.50 bits per heavy atom. The van der Waals surface area contributed by atoms with E-state index in [1.54, 1.807) is 17.9 Å². The lowest BCUT2D eigenvalue weighted by atomic mass is 10.1. The summed E-state index contributed by atoms with van der Waals surface area (Å²) in [6.07, 6.45) is 1.83. The first-order valence-electron chi connectivity index (χ1n) is 9.24. The summed E-state index contributed by atoms with van der Waals surface area (Å²) < 4.78 is 33.4. The maximum Gasteiger partial charge on any atom is 0.341 e. The number of aryl methyl sites for hydroxylation is 1. The van der Waals surface area contributed by atoms with Crippen LogP contribution in [-0.2, 0) is 14.8 Å². The van der Waals surface area contributed by atoms with Gasteiger partial charge in [0.15, 0.2) is 6.61 Å². The average molecular weight is 453 g/mol. The third kappa shape index (κ3) is 5.03. The predicted molar refractivity (Wildman–Crippen MR) is 112 cm³/mol. The smallest absolute Gasteiger partial charge is 0.341 e. The SMILES string of the molecule is Cc1cc(S(=O)(=O)Nc2cc(Cl)ccc2C(=O)N2CCCC2)ccc1OCC(=O)O. The first kappa shape index (κ1) is 21.9. The van der Waals surface area contributed by atoms with Gasteiger partial charge in [-0.2, -0.15) is 0 Å². The molecule has 1 amide bonds. The van der Waals surface area contributed by atoms with Gasteiger partial charge in [0.1, 0.15) is 5.75 Å². The van der Waals surface area contributed by atoms with Gasteiger partial charge in [0.25, 0.3) is 15.9 Å². The van der Waals surface area contributed by atoms with Crippen molar-refractivity contribution in [1.29, 1.82) is 0 Å². The second-order valence-corrected chi connectivity index (χ2v) is 9.02. The van der Waals surface area contributed by atoms with Crippen LogP contribution in [0.4, 0.5) is 5.69 Å². The Balaban J connectivity index is 1.88. The molecule has 160 valence electrons. The summed E-state index contributed by atoms with van der Waals surface area (Å²) in [5.74, 6) is -1.12. The van der Waals surface area contributed by atoms with Gasteiger partial charge < -0.3 is 14.7 Å². The summed E-state index contributed by atoms with van der Waals surface area (Å²) >= 11 is 6.04. The van der Waals surface area contributed by atoms with Crippen LogP contribution in [-0.4, -0.2) is 50.0 Å². The van der Waals surface area contributed by atoms with Gasteiger partial charge in [0.05, 0.1) is 16.1 Å². The van der Waals surface area contributed by atoms with Crippen LogP contribution in [0.25, 0.3) is 0 Å². The monoisotopic (exact) mass is 452 g/mol. The summed E-state index contributed by atoms with van der Waals surface area (Å²) in [6, 6.07) is 8.52. The van der Waals surface area contributed by atoms with Gasteiger partial charge in [-0.1, -0.05) is 11.6 Å². The molecule has 2 aromatic rings. The number of sulfonamides is 1. The fourth-order valence-corrected chi connectivity index (χ4v) is 4.50. The first-order valence-corrected chi connectivity index (χ1v) is 11.1. The van der Waals surface area contributed by atoms with E-state index in [1.165, 1.54) is 30.3 Å². The normalized spacial score (nSPS) is 13.9. The lowest BCUT2D eigenvalue weighted by Crippen LogP contribution is -2.28. The van der Waals surface area contributed by atoms with E-state index in [9.17, 15) is 18.0 Å². The topological polar surface area (TPSA) is 113 Å². The molecule has 0 atom stereocenters. The van der Waals surface area contributed by atoms with Crippen molar-refractivity contribution in [3.8, 4) is 5.75 Å². The number of rotatable bonds is 7. The molecular weight excluding hydrogens is 432 g/mol. The first-order chi connectivity index (χ1) is 14.2. The van der Waals surface area contributed by atoms with Crippen LogP contribution in [0.3, 0.4) is 0 Å². The minimum Gasteiger partial charge on any atom is -0.482 e. The van der Waals surface area contributed by atoms with E-state index in [2.05, 4.69) is 4.72 Å². The number of anilines is 1. The molecule has 0 saturated carbocycles. The Kier molecular flexibility index (Phi) is 6.52. The molecule has 0 unspecified atom stereocenters. The number of carboxylic acid groups (broad SMARTS) is 1. The van der Waals surface area contributed by atoms with E-state index in [4.69, 9.17) is 21.4 Å². The summed E-state index contributed by atoms with van der Waals surface area (Å²) in [6.45, 7) is 2.34. The molecule has 3 rings (SSSR count). The molecule has 8 nitrogen and oxygen atoms in total. The summed E-state index contributed by atoms with van der Waals surface area (Å²) in [5, 5.41) is 9.00. The van der Waals surface area contributed by atoms with Crippen LogP contribution >= 0.6 is 11.6 Å². The van der Waals surface area contributed by atoms with Crippen LogP contribution < -0.4 is 9.46 Å². The van der Waals surface area contributed by atoms with Crippen molar-refractivity contribution in [2.24, 2.45) is 0 Å². The number of halogens is 1. The number of carboxylic acids is 1. The van der Waals surface area contributed by atoms with Crippen LogP contribution in [0.1, 0.15) is 28.8 Å². The summed E-state index contributed by atoms with van der Waals surface area (Å²) in [4.78, 5) is 25.1. The van der Waals surface area contributed by atoms with Crippen LogP contribution in [0.2, 0.25) is 5.02 Å². The Morgan fingerprint density at radius 2 is 1.87 bits per heavy atom. The third-order valence-corrected chi connectivity index (χ3v) is 6.26. The van der Waals surface area contributed by atoms with E-state index in [0.717, 1.165) is 12.8 Å². The van der Waals surface area contributed by atoms with E-state index in [0.29, 0.717) is 23.7 Å². The Bertz CT molecular complexity index is 1080. The fraction of sp³-hybridized carbons (Fsp3) is 0.300. The van der Waals surface area contributed by atoms with Gasteiger partial charge in [-0.25, -0.2) is 13.2 Å². The lowest BCUT2D eigenvalue weighted by Gasteiger charge is -2.19. The molecule has 2 N–H and O–H groups in total. The number of aliphatic carboxylic acids is 1. The Labute approximate surface area is 179 Å². The second kappa shape index (κ2) is 8.93. The summed E-state index contributed by atoms with van der Waals surface area (Å²) in [5.41, 5.74) is 0.782. The van der Waals surface area contributed by atoms with Crippen molar-refractivity contribution in [3.63, 3.8) is 0 Å². The molecule has 0 aliphatic carbocycles. The fourth-order valence-electron chi connectivity index (χ4n) is 3.17. The molecule has 10 heteroatoms. The van der Waals surface area contributed by atoms with Crippen molar-refractivity contribution >= 4 is 39.2 Å². The standard InChI is InChI=1S/C20H21ClN2O6S/c1-13-10-15(5-7-18(13)29-12-19(24)25)30(27,28)22-17-11-14(21)4-6-16(17)20(26)23-8-2-3-9-23/h4-7,10-11,22H,2-3,8-9,12H2,1H3,(H,24,25). The molecule has 1 heterocycles. The zero-order valence-corrected chi connectivity index (χ0v) is 17.8. The zero-order valence-electron chi connectivity index (χ0n) is 16.2. The van der Waals surface area contributed by atoms with Crippen molar-refractivity contribution in [2.75, 3.05) is 24.4 Å². The zero-order chi connectivity index (χ0) is 21.9. The Hall–Kier alpha value is -2.78. The van der Waals surface area contributed by atoms with Gasteiger partial charge >= 0.3 is 5.97 Å². The number of ether oxygens (including phenoxy) is 1. The molecule has 0 radical (unpaired) electrons. The number of nitrogens with zero attached hydrogens (tertiary/aromatic N) is 1. The number of amides is 1. The molecule has 1 saturated heterocycles. The maximum absolute atomic E-state index is 12.9. The number of hydrogen-bond donors (Lipinski definition) is 2. The Morgan fingerprint density at radius 1 is 1.17 bits per heavy atom. The van der Waals surface area contributed by atoms with Crippen LogP contribution in [0, 0.1) is 6.92 Å². The highest BCUT2D eigenvalue weighted by molar-refractivity contribution is 7.92. The highest BCUT2D eigenvalue weighted by Crippen LogP contribution is 2.28. The quantitative estimate of drug-likeness (QED) is 0.667. The molecule has 1 aliphatic heterocycles. The molecule has 0 aromatic heterocycles. The molecule has 0 bridgehead atoms. The number of benzene rings is 2. The van der Waals surface area contributed by atoms with E-state index in [-0.39, 0.29) is 27.8 Å². The van der Waals surface area contributed by atoms with Crippen molar-refractivity contribution in [3.05, 3.63) is 52.5 Å². The van der Waals surface area contributed by atoms with Gasteiger partial charge in [0.2, 0.25) is 0 Å². The van der Waals surface area contributed by atoms with E-state index in [1.807, 2.05) is 0 Å². The largest absolute Gasteiger partial charge is 0.482 e. The predicted octanol–water partition coefficient (Wildman–Crippen LogP) is 3.15. The lowest BCUT2D eigenvalue weighted by molar-refractivity contribution is -0.139. The number of hydrogen-bond acceptors (Lipinski definition) is 5. The highest BCUT2D eigenvalue weighted by atomic mass is 35.5. The molecule has 30 heavy (non-hydrogen) atoms. The molecular formula is C20H21ClN2O6S. The van der Waals surface area contributed by atoms with Gasteiger partial charge in [-0.3, -0.25) is 9.52 Å². The number of carbonyl (C=O) groups is 2. The molecule has 1 fully saturated rings. The number of nitrogens with one attached hydrogen (secondary N) is 1. The van der Waals surface area contributed by atoms with E-state index < -0.39 is 22.6 Å². The second-order valence-electron chi connectivity index (χ2n) is 6.90. The van der Waals surface area contributed by atoms with Crippen LogP contribution in [0.5, 0.6) is 5.75 Å². The third-order valence-electron chi connectivity index (χ3n) is 4.66. The van der Waals surface area contributed by atoms with Gasteiger partial charge in [-0.15, -0.1) is 0 Å². The van der Waals surface area contributed by atoms with Crippen molar-refractivity contribution < 1.29 is 27.9 Å².